The van der Waals surface area contributed by atoms with Crippen LogP contribution in [0, 0.1) is 5.82 Å². The zero-order valence-electron chi connectivity index (χ0n) is 17.7. The zero-order chi connectivity index (χ0) is 24.3. The first-order valence-corrected chi connectivity index (χ1v) is 11.6. The van der Waals surface area contributed by atoms with E-state index in [0.717, 1.165) is 12.1 Å². The van der Waals surface area contributed by atoms with Gasteiger partial charge in [0.05, 0.1) is 23.7 Å². The van der Waals surface area contributed by atoms with Crippen LogP contribution in [0.4, 0.5) is 15.8 Å². The van der Waals surface area contributed by atoms with E-state index in [1.54, 1.807) is 0 Å². The van der Waals surface area contributed by atoms with Gasteiger partial charge in [-0.3, -0.25) is 14.3 Å². The highest BCUT2D eigenvalue weighted by Gasteiger charge is 2.20. The lowest BCUT2D eigenvalue weighted by Crippen LogP contribution is -2.17. The Morgan fingerprint density at radius 1 is 0.912 bits per heavy atom. The third-order valence-electron chi connectivity index (χ3n) is 4.90. The summed E-state index contributed by atoms with van der Waals surface area (Å²) in [6, 6.07) is 13.5. The Labute approximate surface area is 194 Å². The molecule has 9 nitrogen and oxygen atoms in total. The van der Waals surface area contributed by atoms with Gasteiger partial charge in [0, 0.05) is 29.4 Å². The molecule has 0 fully saturated rings. The van der Waals surface area contributed by atoms with Gasteiger partial charge in [0.1, 0.15) is 5.82 Å². The van der Waals surface area contributed by atoms with Crippen LogP contribution in [0.2, 0.25) is 0 Å². The van der Waals surface area contributed by atoms with E-state index in [9.17, 15) is 22.4 Å². The monoisotopic (exact) mass is 485 g/mol. The maximum absolute atomic E-state index is 13.7. The number of hydrogen-bond donors (Lipinski definition) is 3. The molecule has 176 valence electrons. The van der Waals surface area contributed by atoms with E-state index >= 15 is 0 Å². The standard InChI is InChI=1S/C23H20FN3O6S/c24-19-7-5-15(12-18(19)22(25)28)26-23(29)14-3-1-4-16(11-14)27-34(30,31)17-6-8-20-21(13-17)33-10-2-9-32-20/h1,3-8,11-13,27H,2,9-10H2,(H2,25,28)(H,26,29). The summed E-state index contributed by atoms with van der Waals surface area (Å²) in [6.07, 6.45) is 0.686. The van der Waals surface area contributed by atoms with E-state index in [1.807, 2.05) is 0 Å². The average Bonchev–Trinajstić information content (AvgIpc) is 3.05. The van der Waals surface area contributed by atoms with E-state index in [1.165, 1.54) is 48.5 Å². The first-order valence-electron chi connectivity index (χ1n) is 10.2. The molecule has 34 heavy (non-hydrogen) atoms. The van der Waals surface area contributed by atoms with Crippen molar-refractivity contribution in [3.05, 3.63) is 77.6 Å². The molecule has 0 unspecified atom stereocenters. The number of nitrogens with two attached hydrogens (primary N) is 1. The number of fused-ring (bicyclic) bond motifs is 1. The van der Waals surface area contributed by atoms with E-state index < -0.39 is 27.7 Å². The summed E-state index contributed by atoms with van der Waals surface area (Å²) in [5, 5.41) is 2.52. The van der Waals surface area contributed by atoms with E-state index in [4.69, 9.17) is 15.2 Å². The van der Waals surface area contributed by atoms with E-state index in [0.29, 0.717) is 31.1 Å². The molecule has 0 aromatic heterocycles. The van der Waals surface area contributed by atoms with Crippen LogP contribution in [0.15, 0.2) is 65.6 Å². The molecule has 0 radical (unpaired) electrons. The SMILES string of the molecule is NC(=O)c1cc(NC(=O)c2cccc(NS(=O)(=O)c3ccc4c(c3)OCCCO4)c2)ccc1F. The number of primary amides is 1. The lowest BCUT2D eigenvalue weighted by Gasteiger charge is -2.12. The summed E-state index contributed by atoms with van der Waals surface area (Å²) in [7, 11) is -3.99. The minimum Gasteiger partial charge on any atom is -0.490 e. The molecule has 11 heteroatoms. The molecule has 3 aromatic rings. The molecule has 0 bridgehead atoms. The summed E-state index contributed by atoms with van der Waals surface area (Å²) in [6.45, 7) is 0.893. The number of nitrogens with one attached hydrogen (secondary N) is 2. The van der Waals surface area contributed by atoms with Crippen LogP contribution in [0.5, 0.6) is 11.5 Å². The Kier molecular flexibility index (Phi) is 6.37. The second-order valence-corrected chi connectivity index (χ2v) is 9.04. The Bertz CT molecular complexity index is 1380. The number of benzene rings is 3. The van der Waals surface area contributed by atoms with Gasteiger partial charge in [-0.25, -0.2) is 12.8 Å². The summed E-state index contributed by atoms with van der Waals surface area (Å²) in [5.74, 6) is -1.58. The van der Waals surface area contributed by atoms with Gasteiger partial charge in [0.2, 0.25) is 0 Å². The number of carbonyl (C=O) groups excluding carboxylic acids is 2. The molecule has 1 aliphatic heterocycles. The van der Waals surface area contributed by atoms with E-state index in [-0.39, 0.29) is 27.4 Å². The fourth-order valence-electron chi connectivity index (χ4n) is 3.24. The van der Waals surface area contributed by atoms with Gasteiger partial charge in [-0.1, -0.05) is 6.07 Å². The lowest BCUT2D eigenvalue weighted by molar-refractivity contribution is 0.0992. The van der Waals surface area contributed by atoms with Crippen molar-refractivity contribution in [2.75, 3.05) is 23.3 Å². The van der Waals surface area contributed by atoms with Crippen LogP contribution in [0.1, 0.15) is 27.1 Å². The predicted molar refractivity (Wildman–Crippen MR) is 122 cm³/mol. The van der Waals surface area contributed by atoms with E-state index in [2.05, 4.69) is 10.0 Å². The van der Waals surface area contributed by atoms with Gasteiger partial charge in [0.15, 0.2) is 11.5 Å². The molecule has 0 saturated carbocycles. The highest BCUT2D eigenvalue weighted by Crippen LogP contribution is 2.32. The molecule has 2 amide bonds. The first-order chi connectivity index (χ1) is 16.2. The third kappa shape index (κ3) is 5.09. The molecule has 1 heterocycles. The van der Waals surface area contributed by atoms with Gasteiger partial charge in [0.25, 0.3) is 21.8 Å². The van der Waals surface area contributed by atoms with Crippen LogP contribution in [0.3, 0.4) is 0 Å². The van der Waals surface area contributed by atoms with Gasteiger partial charge < -0.3 is 20.5 Å². The van der Waals surface area contributed by atoms with Gasteiger partial charge >= 0.3 is 0 Å². The van der Waals surface area contributed by atoms with Crippen molar-refractivity contribution in [3.63, 3.8) is 0 Å². The molecule has 0 spiro atoms. The first kappa shape index (κ1) is 23.1. The number of rotatable bonds is 6. The predicted octanol–water partition coefficient (Wildman–Crippen LogP) is 3.14. The molecular weight excluding hydrogens is 465 g/mol. The smallest absolute Gasteiger partial charge is 0.262 e. The van der Waals surface area contributed by atoms with Crippen molar-refractivity contribution in [2.45, 2.75) is 11.3 Å². The summed E-state index contributed by atoms with van der Waals surface area (Å²) >= 11 is 0. The normalized spacial score (nSPS) is 13.0. The molecule has 0 atom stereocenters. The lowest BCUT2D eigenvalue weighted by atomic mass is 10.1. The molecule has 4 rings (SSSR count). The minimum atomic E-state index is -3.99. The molecule has 4 N–H and O–H groups in total. The van der Waals surface area contributed by atoms with Crippen molar-refractivity contribution >= 4 is 33.2 Å². The number of amides is 2. The molecule has 0 saturated heterocycles. The van der Waals surface area contributed by atoms with Gasteiger partial charge in [-0.2, -0.15) is 0 Å². The van der Waals surface area contributed by atoms with Gasteiger partial charge in [-0.05, 0) is 48.5 Å². The Morgan fingerprint density at radius 3 is 2.44 bits per heavy atom. The number of sulfonamides is 1. The van der Waals surface area contributed by atoms with Crippen LogP contribution < -0.4 is 25.2 Å². The minimum absolute atomic E-state index is 0.0307. The maximum Gasteiger partial charge on any atom is 0.262 e. The second kappa shape index (κ2) is 9.40. The number of halogens is 1. The fourth-order valence-corrected chi connectivity index (χ4v) is 4.31. The Morgan fingerprint density at radius 2 is 1.68 bits per heavy atom. The number of anilines is 2. The van der Waals surface area contributed by atoms with Crippen LogP contribution in [-0.4, -0.2) is 33.4 Å². The topological polar surface area (TPSA) is 137 Å². The van der Waals surface area contributed by atoms with Crippen molar-refractivity contribution < 1.29 is 31.9 Å². The van der Waals surface area contributed by atoms with Crippen LogP contribution in [-0.2, 0) is 10.0 Å². The van der Waals surface area contributed by atoms with Crippen LogP contribution in [0.25, 0.3) is 0 Å². The summed E-state index contributed by atoms with van der Waals surface area (Å²) in [5.41, 5.74) is 5.19. The number of hydrogen-bond acceptors (Lipinski definition) is 6. The quantitative estimate of drug-likeness (QED) is 0.491. The van der Waals surface area contributed by atoms with Crippen molar-refractivity contribution in [1.29, 1.82) is 0 Å². The Hall–Kier alpha value is -4.12. The molecule has 1 aliphatic rings. The molecule has 0 aliphatic carbocycles. The average molecular weight is 485 g/mol. The van der Waals surface area contributed by atoms with Crippen molar-refractivity contribution in [1.82, 2.24) is 0 Å². The summed E-state index contributed by atoms with van der Waals surface area (Å²) in [4.78, 5) is 23.9. The van der Waals surface area contributed by atoms with Crippen LogP contribution >= 0.6 is 0 Å². The largest absolute Gasteiger partial charge is 0.490 e. The Balaban J connectivity index is 1.52. The molecular formula is C23H20FN3O6S. The second-order valence-electron chi connectivity index (χ2n) is 7.36. The highest BCUT2D eigenvalue weighted by atomic mass is 32.2. The van der Waals surface area contributed by atoms with Crippen molar-refractivity contribution in [2.24, 2.45) is 5.73 Å². The van der Waals surface area contributed by atoms with Gasteiger partial charge in [-0.15, -0.1) is 0 Å². The zero-order valence-corrected chi connectivity index (χ0v) is 18.5. The third-order valence-corrected chi connectivity index (χ3v) is 6.27. The van der Waals surface area contributed by atoms with Crippen molar-refractivity contribution in [3.8, 4) is 11.5 Å². The maximum atomic E-state index is 13.7. The number of ether oxygens (including phenoxy) is 2. The molecule has 3 aromatic carbocycles. The highest BCUT2D eigenvalue weighted by molar-refractivity contribution is 7.92. The number of carbonyl (C=O) groups is 2. The fraction of sp³-hybridized carbons (Fsp3) is 0.130. The summed E-state index contributed by atoms with van der Waals surface area (Å²) < 4.78 is 52.9.